The summed E-state index contributed by atoms with van der Waals surface area (Å²) in [7, 11) is 0. The van der Waals surface area contributed by atoms with Crippen LogP contribution in [-0.2, 0) is 11.3 Å². The molecule has 0 saturated carbocycles. The molecular formula is C10H10FN5OS. The Kier molecular flexibility index (Phi) is 4.24. The maximum absolute atomic E-state index is 13.3. The number of rotatable bonds is 5. The first-order valence-corrected chi connectivity index (χ1v) is 6.10. The molecule has 2 aromatic rings. The van der Waals surface area contributed by atoms with Crippen LogP contribution in [0.15, 0.2) is 29.2 Å². The van der Waals surface area contributed by atoms with E-state index in [1.165, 1.54) is 6.07 Å². The lowest BCUT2D eigenvalue weighted by Gasteiger charge is -2.03. The standard InChI is InChI=1S/C10H10FN5OS/c11-7-3-1-2-4-8(7)18-6-10(17)12-5-9-13-15-16-14-9/h1-4H,5-6H2,(H,12,17)(H,13,14,15,16). The highest BCUT2D eigenvalue weighted by Crippen LogP contribution is 2.20. The molecule has 0 unspecified atom stereocenters. The fraction of sp³-hybridized carbons (Fsp3) is 0.200. The molecule has 2 rings (SSSR count). The van der Waals surface area contributed by atoms with E-state index in [4.69, 9.17) is 0 Å². The molecule has 2 N–H and O–H groups in total. The number of H-pyrrole nitrogens is 1. The van der Waals surface area contributed by atoms with Crippen LogP contribution in [0, 0.1) is 5.82 Å². The molecule has 0 radical (unpaired) electrons. The third kappa shape index (κ3) is 3.52. The quantitative estimate of drug-likeness (QED) is 0.781. The smallest absolute Gasteiger partial charge is 0.230 e. The van der Waals surface area contributed by atoms with Crippen LogP contribution in [0.1, 0.15) is 5.82 Å². The van der Waals surface area contributed by atoms with Gasteiger partial charge in [0.05, 0.1) is 12.3 Å². The predicted molar refractivity (Wildman–Crippen MR) is 63.1 cm³/mol. The number of carbonyl (C=O) groups excluding carboxylic acids is 1. The number of aromatic nitrogens is 4. The first-order valence-electron chi connectivity index (χ1n) is 5.12. The lowest BCUT2D eigenvalue weighted by atomic mass is 10.3. The molecule has 0 aliphatic heterocycles. The van der Waals surface area contributed by atoms with Crippen LogP contribution < -0.4 is 5.32 Å². The van der Waals surface area contributed by atoms with Crippen LogP contribution in [-0.4, -0.2) is 32.3 Å². The van der Waals surface area contributed by atoms with Crippen LogP contribution >= 0.6 is 11.8 Å². The maximum atomic E-state index is 13.3. The van der Waals surface area contributed by atoms with E-state index in [0.717, 1.165) is 11.8 Å². The van der Waals surface area contributed by atoms with Crippen molar-refractivity contribution >= 4 is 17.7 Å². The molecule has 6 nitrogen and oxygen atoms in total. The molecular weight excluding hydrogens is 257 g/mol. The summed E-state index contributed by atoms with van der Waals surface area (Å²) < 4.78 is 13.3. The van der Waals surface area contributed by atoms with Crippen LogP contribution in [0.4, 0.5) is 4.39 Å². The van der Waals surface area contributed by atoms with Gasteiger partial charge in [-0.1, -0.05) is 17.3 Å². The van der Waals surface area contributed by atoms with E-state index in [1.807, 2.05) is 0 Å². The molecule has 1 heterocycles. The molecule has 1 aromatic carbocycles. The van der Waals surface area contributed by atoms with Crippen molar-refractivity contribution < 1.29 is 9.18 Å². The van der Waals surface area contributed by atoms with E-state index < -0.39 is 0 Å². The molecule has 0 bridgehead atoms. The summed E-state index contributed by atoms with van der Waals surface area (Å²) in [6, 6.07) is 6.32. The fourth-order valence-electron chi connectivity index (χ4n) is 1.19. The zero-order chi connectivity index (χ0) is 12.8. The first-order chi connectivity index (χ1) is 8.75. The van der Waals surface area contributed by atoms with Gasteiger partial charge in [-0.25, -0.2) is 4.39 Å². The van der Waals surface area contributed by atoms with Crippen LogP contribution in [0.2, 0.25) is 0 Å². The topological polar surface area (TPSA) is 83.6 Å². The van der Waals surface area contributed by atoms with Gasteiger partial charge in [0, 0.05) is 4.90 Å². The van der Waals surface area contributed by atoms with Crippen molar-refractivity contribution in [1.29, 1.82) is 0 Å². The number of benzene rings is 1. The van der Waals surface area contributed by atoms with E-state index in [-0.39, 0.29) is 24.0 Å². The number of amides is 1. The largest absolute Gasteiger partial charge is 0.348 e. The molecule has 0 fully saturated rings. The summed E-state index contributed by atoms with van der Waals surface area (Å²) >= 11 is 1.14. The number of hydrogen-bond acceptors (Lipinski definition) is 5. The number of tetrazole rings is 1. The summed E-state index contributed by atoms with van der Waals surface area (Å²) in [5.74, 6) is -0.000499. The van der Waals surface area contributed by atoms with Gasteiger partial charge in [-0.3, -0.25) is 4.79 Å². The Balaban J connectivity index is 1.77. The van der Waals surface area contributed by atoms with Crippen LogP contribution in [0.25, 0.3) is 0 Å². The van der Waals surface area contributed by atoms with E-state index in [1.54, 1.807) is 18.2 Å². The van der Waals surface area contributed by atoms with Gasteiger partial charge in [0.1, 0.15) is 5.82 Å². The SMILES string of the molecule is O=C(CSc1ccccc1F)NCc1nn[nH]n1. The number of thioether (sulfide) groups is 1. The van der Waals surface area contributed by atoms with Gasteiger partial charge in [-0.15, -0.1) is 22.0 Å². The van der Waals surface area contributed by atoms with Crippen molar-refractivity contribution in [2.24, 2.45) is 0 Å². The zero-order valence-corrected chi connectivity index (χ0v) is 10.1. The van der Waals surface area contributed by atoms with Crippen molar-refractivity contribution in [2.45, 2.75) is 11.4 Å². The first kappa shape index (κ1) is 12.5. The summed E-state index contributed by atoms with van der Waals surface area (Å²) in [5.41, 5.74) is 0. The molecule has 1 aromatic heterocycles. The second-order valence-electron chi connectivity index (χ2n) is 3.32. The van der Waals surface area contributed by atoms with Crippen molar-refractivity contribution in [3.8, 4) is 0 Å². The lowest BCUT2D eigenvalue weighted by Crippen LogP contribution is -2.25. The molecule has 1 amide bonds. The highest BCUT2D eigenvalue weighted by Gasteiger charge is 2.07. The number of hydrogen-bond donors (Lipinski definition) is 2. The number of halogens is 1. The lowest BCUT2D eigenvalue weighted by molar-refractivity contribution is -0.118. The van der Waals surface area contributed by atoms with Crippen molar-refractivity contribution in [1.82, 2.24) is 25.9 Å². The zero-order valence-electron chi connectivity index (χ0n) is 9.26. The summed E-state index contributed by atoms with van der Waals surface area (Å²) in [6.07, 6.45) is 0. The van der Waals surface area contributed by atoms with E-state index in [2.05, 4.69) is 25.9 Å². The van der Waals surface area contributed by atoms with Crippen LogP contribution in [0.5, 0.6) is 0 Å². The number of aromatic amines is 1. The monoisotopic (exact) mass is 267 g/mol. The molecule has 0 aliphatic carbocycles. The summed E-state index contributed by atoms with van der Waals surface area (Å²) in [6.45, 7) is 0.202. The van der Waals surface area contributed by atoms with Gasteiger partial charge >= 0.3 is 0 Å². The second kappa shape index (κ2) is 6.10. The second-order valence-corrected chi connectivity index (χ2v) is 4.34. The van der Waals surface area contributed by atoms with Crippen LogP contribution in [0.3, 0.4) is 0 Å². The Morgan fingerprint density at radius 3 is 3.00 bits per heavy atom. The van der Waals surface area contributed by atoms with E-state index in [9.17, 15) is 9.18 Å². The fourth-order valence-corrected chi connectivity index (χ4v) is 1.96. The molecule has 18 heavy (non-hydrogen) atoms. The van der Waals surface area contributed by atoms with Gasteiger partial charge in [-0.05, 0) is 12.1 Å². The minimum absolute atomic E-state index is 0.138. The molecule has 0 aliphatic rings. The Labute approximate surface area is 106 Å². The molecule has 0 spiro atoms. The van der Waals surface area contributed by atoms with E-state index >= 15 is 0 Å². The summed E-state index contributed by atoms with van der Waals surface area (Å²) in [5, 5.41) is 15.6. The molecule has 0 atom stereocenters. The third-order valence-corrected chi connectivity index (χ3v) is 3.08. The Morgan fingerprint density at radius 2 is 2.28 bits per heavy atom. The molecule has 8 heteroatoms. The highest BCUT2D eigenvalue weighted by molar-refractivity contribution is 8.00. The number of nitrogens with zero attached hydrogens (tertiary/aromatic N) is 3. The minimum Gasteiger partial charge on any atom is -0.348 e. The third-order valence-electron chi connectivity index (χ3n) is 2.03. The van der Waals surface area contributed by atoms with Gasteiger partial charge in [0.15, 0.2) is 5.82 Å². The van der Waals surface area contributed by atoms with Crippen molar-refractivity contribution in [3.05, 3.63) is 35.9 Å². The van der Waals surface area contributed by atoms with E-state index in [0.29, 0.717) is 10.7 Å². The Bertz CT molecular complexity index is 519. The maximum Gasteiger partial charge on any atom is 0.230 e. The summed E-state index contributed by atoms with van der Waals surface area (Å²) in [4.78, 5) is 11.9. The van der Waals surface area contributed by atoms with Crippen molar-refractivity contribution in [2.75, 3.05) is 5.75 Å². The average molecular weight is 267 g/mol. The number of nitrogens with one attached hydrogen (secondary N) is 2. The minimum atomic E-state index is -0.325. The number of carbonyl (C=O) groups is 1. The molecule has 94 valence electrons. The van der Waals surface area contributed by atoms with Crippen molar-refractivity contribution in [3.63, 3.8) is 0 Å². The average Bonchev–Trinajstić information content (AvgIpc) is 2.88. The van der Waals surface area contributed by atoms with Gasteiger partial charge in [0.2, 0.25) is 5.91 Å². The predicted octanol–water partition coefficient (Wildman–Crippen LogP) is 0.747. The normalized spacial score (nSPS) is 10.3. The van der Waals surface area contributed by atoms with Gasteiger partial charge in [0.25, 0.3) is 0 Å². The Hall–Kier alpha value is -1.96. The van der Waals surface area contributed by atoms with Gasteiger partial charge < -0.3 is 5.32 Å². The van der Waals surface area contributed by atoms with Gasteiger partial charge in [-0.2, -0.15) is 5.21 Å². The Morgan fingerprint density at radius 1 is 1.44 bits per heavy atom. The highest BCUT2D eigenvalue weighted by atomic mass is 32.2. The molecule has 0 saturated heterocycles.